The first-order valence-corrected chi connectivity index (χ1v) is 7.45. The molecule has 0 radical (unpaired) electrons. The Balaban J connectivity index is 2.40. The molecule has 0 saturated carbocycles. The van der Waals surface area contributed by atoms with Crippen LogP contribution < -0.4 is 4.74 Å². The number of carbonyl (C=O) groups excluding carboxylic acids is 1. The molecule has 0 heterocycles. The van der Waals surface area contributed by atoms with Gasteiger partial charge in [-0.25, -0.2) is 0 Å². The zero-order valence-electron chi connectivity index (χ0n) is 11.7. The minimum atomic E-state index is -0.0210. The zero-order valence-corrected chi connectivity index (χ0v) is 13.2. The SMILES string of the molecule is CCCOc1ccccc1C(=O)c1cc(C)ccc1Br. The molecular weight excluding hydrogens is 316 g/mol. The predicted octanol–water partition coefficient (Wildman–Crippen LogP) is 4.78. The van der Waals surface area contributed by atoms with Gasteiger partial charge in [-0.3, -0.25) is 4.79 Å². The van der Waals surface area contributed by atoms with Gasteiger partial charge < -0.3 is 4.74 Å². The lowest BCUT2D eigenvalue weighted by Crippen LogP contribution is -2.07. The largest absolute Gasteiger partial charge is 0.493 e. The van der Waals surface area contributed by atoms with E-state index >= 15 is 0 Å². The van der Waals surface area contributed by atoms with E-state index in [9.17, 15) is 4.79 Å². The summed E-state index contributed by atoms with van der Waals surface area (Å²) in [5, 5.41) is 0. The average Bonchev–Trinajstić information content (AvgIpc) is 2.47. The molecule has 0 atom stereocenters. The Bertz CT molecular complexity index is 620. The highest BCUT2D eigenvalue weighted by molar-refractivity contribution is 9.10. The summed E-state index contributed by atoms with van der Waals surface area (Å²) in [6.45, 7) is 4.63. The van der Waals surface area contributed by atoms with E-state index in [1.165, 1.54) is 0 Å². The monoisotopic (exact) mass is 332 g/mol. The van der Waals surface area contributed by atoms with E-state index in [-0.39, 0.29) is 5.78 Å². The maximum absolute atomic E-state index is 12.7. The van der Waals surface area contributed by atoms with Gasteiger partial charge in [0.05, 0.1) is 12.2 Å². The molecule has 0 N–H and O–H groups in total. The second kappa shape index (κ2) is 6.71. The normalized spacial score (nSPS) is 10.3. The summed E-state index contributed by atoms with van der Waals surface area (Å²) >= 11 is 3.44. The Morgan fingerprint density at radius 1 is 1.15 bits per heavy atom. The van der Waals surface area contributed by atoms with Crippen LogP contribution in [0.25, 0.3) is 0 Å². The molecule has 2 nitrogen and oxygen atoms in total. The quantitative estimate of drug-likeness (QED) is 0.736. The Hall–Kier alpha value is -1.61. The highest BCUT2D eigenvalue weighted by Crippen LogP contribution is 2.26. The van der Waals surface area contributed by atoms with Gasteiger partial charge in [-0.1, -0.05) is 46.6 Å². The van der Waals surface area contributed by atoms with Crippen LogP contribution in [0, 0.1) is 6.92 Å². The number of ketones is 1. The van der Waals surface area contributed by atoms with E-state index < -0.39 is 0 Å². The van der Waals surface area contributed by atoms with Gasteiger partial charge >= 0.3 is 0 Å². The molecule has 0 amide bonds. The molecule has 0 aliphatic carbocycles. The van der Waals surface area contributed by atoms with E-state index in [1.807, 2.05) is 56.3 Å². The van der Waals surface area contributed by atoms with Crippen molar-refractivity contribution in [2.45, 2.75) is 20.3 Å². The maximum Gasteiger partial charge on any atom is 0.197 e. The number of halogens is 1. The lowest BCUT2D eigenvalue weighted by atomic mass is 10.0. The van der Waals surface area contributed by atoms with Crippen LogP contribution in [0.4, 0.5) is 0 Å². The van der Waals surface area contributed by atoms with Crippen LogP contribution in [0.5, 0.6) is 5.75 Å². The minimum absolute atomic E-state index is 0.0210. The van der Waals surface area contributed by atoms with Crippen molar-refractivity contribution in [1.29, 1.82) is 0 Å². The predicted molar refractivity (Wildman–Crippen MR) is 84.5 cm³/mol. The maximum atomic E-state index is 12.7. The molecule has 2 rings (SSSR count). The summed E-state index contributed by atoms with van der Waals surface area (Å²) in [6.07, 6.45) is 0.913. The second-order valence-corrected chi connectivity index (χ2v) is 5.51. The van der Waals surface area contributed by atoms with E-state index in [0.29, 0.717) is 23.5 Å². The molecule has 20 heavy (non-hydrogen) atoms. The number of carbonyl (C=O) groups is 1. The highest BCUT2D eigenvalue weighted by Gasteiger charge is 2.16. The number of para-hydroxylation sites is 1. The number of aryl methyl sites for hydroxylation is 1. The van der Waals surface area contributed by atoms with Crippen LogP contribution in [0.2, 0.25) is 0 Å². The number of benzene rings is 2. The molecule has 2 aromatic rings. The summed E-state index contributed by atoms with van der Waals surface area (Å²) in [5.41, 5.74) is 2.33. The van der Waals surface area contributed by atoms with Gasteiger partial charge in [0, 0.05) is 10.0 Å². The molecule has 0 aliphatic heterocycles. The van der Waals surface area contributed by atoms with Gasteiger partial charge in [-0.15, -0.1) is 0 Å². The topological polar surface area (TPSA) is 26.3 Å². The molecule has 0 unspecified atom stereocenters. The fourth-order valence-corrected chi connectivity index (χ4v) is 2.38. The van der Waals surface area contributed by atoms with Crippen molar-refractivity contribution in [2.75, 3.05) is 6.61 Å². The number of ether oxygens (including phenoxy) is 1. The smallest absolute Gasteiger partial charge is 0.197 e. The van der Waals surface area contributed by atoms with Crippen molar-refractivity contribution in [2.24, 2.45) is 0 Å². The van der Waals surface area contributed by atoms with Crippen molar-refractivity contribution in [3.8, 4) is 5.75 Å². The first kappa shape index (κ1) is 14.8. The number of hydrogen-bond donors (Lipinski definition) is 0. The summed E-state index contributed by atoms with van der Waals surface area (Å²) < 4.78 is 6.47. The molecule has 0 aliphatic rings. The van der Waals surface area contributed by atoms with Crippen LogP contribution in [-0.2, 0) is 0 Å². The van der Waals surface area contributed by atoms with Gasteiger partial charge in [-0.2, -0.15) is 0 Å². The zero-order chi connectivity index (χ0) is 14.5. The van der Waals surface area contributed by atoms with E-state index in [2.05, 4.69) is 15.9 Å². The summed E-state index contributed by atoms with van der Waals surface area (Å²) in [5.74, 6) is 0.625. The molecule has 0 spiro atoms. The molecule has 0 fully saturated rings. The van der Waals surface area contributed by atoms with Crippen LogP contribution in [-0.4, -0.2) is 12.4 Å². The van der Waals surface area contributed by atoms with E-state index in [4.69, 9.17) is 4.74 Å². The van der Waals surface area contributed by atoms with Crippen molar-refractivity contribution < 1.29 is 9.53 Å². The molecule has 104 valence electrons. The third kappa shape index (κ3) is 3.28. The van der Waals surface area contributed by atoms with Crippen molar-refractivity contribution in [1.82, 2.24) is 0 Å². The molecular formula is C17H17BrO2. The Morgan fingerprint density at radius 3 is 2.65 bits per heavy atom. The van der Waals surface area contributed by atoms with Crippen LogP contribution in [0.3, 0.4) is 0 Å². The van der Waals surface area contributed by atoms with Gasteiger partial charge in [0.2, 0.25) is 0 Å². The third-order valence-corrected chi connectivity index (χ3v) is 3.65. The van der Waals surface area contributed by atoms with Crippen molar-refractivity contribution >= 4 is 21.7 Å². The van der Waals surface area contributed by atoms with Gasteiger partial charge in [0.1, 0.15) is 5.75 Å². The van der Waals surface area contributed by atoms with E-state index in [1.54, 1.807) is 0 Å². The third-order valence-electron chi connectivity index (χ3n) is 2.96. The molecule has 0 bridgehead atoms. The van der Waals surface area contributed by atoms with Crippen LogP contribution in [0.15, 0.2) is 46.9 Å². The lowest BCUT2D eigenvalue weighted by molar-refractivity contribution is 0.103. The van der Waals surface area contributed by atoms with Gasteiger partial charge in [-0.05, 0) is 37.6 Å². The molecule has 0 aromatic heterocycles. The first-order chi connectivity index (χ1) is 9.63. The van der Waals surface area contributed by atoms with Crippen LogP contribution >= 0.6 is 15.9 Å². The first-order valence-electron chi connectivity index (χ1n) is 6.66. The lowest BCUT2D eigenvalue weighted by Gasteiger charge is -2.11. The van der Waals surface area contributed by atoms with E-state index in [0.717, 1.165) is 16.5 Å². The standard InChI is InChI=1S/C17H17BrO2/c1-3-10-20-16-7-5-4-6-13(16)17(19)14-11-12(2)8-9-15(14)18/h4-9,11H,3,10H2,1-2H3. The van der Waals surface area contributed by atoms with Gasteiger partial charge in [0.25, 0.3) is 0 Å². The summed E-state index contributed by atoms with van der Waals surface area (Å²) in [6, 6.07) is 13.2. The van der Waals surface area contributed by atoms with Crippen molar-refractivity contribution in [3.63, 3.8) is 0 Å². The Labute approximate surface area is 127 Å². The fraction of sp³-hybridized carbons (Fsp3) is 0.235. The Morgan fingerprint density at radius 2 is 1.90 bits per heavy atom. The second-order valence-electron chi connectivity index (χ2n) is 4.66. The van der Waals surface area contributed by atoms with Crippen LogP contribution in [0.1, 0.15) is 34.8 Å². The minimum Gasteiger partial charge on any atom is -0.493 e. The van der Waals surface area contributed by atoms with Gasteiger partial charge in [0.15, 0.2) is 5.78 Å². The van der Waals surface area contributed by atoms with Crippen molar-refractivity contribution in [3.05, 3.63) is 63.6 Å². The highest BCUT2D eigenvalue weighted by atomic mass is 79.9. The molecule has 2 aromatic carbocycles. The molecule has 3 heteroatoms. The fourth-order valence-electron chi connectivity index (χ4n) is 1.95. The number of rotatable bonds is 5. The molecule has 0 saturated heterocycles. The Kier molecular flexibility index (Phi) is 4.96. The summed E-state index contributed by atoms with van der Waals surface area (Å²) in [7, 11) is 0. The number of hydrogen-bond acceptors (Lipinski definition) is 2. The average molecular weight is 333 g/mol. The summed E-state index contributed by atoms with van der Waals surface area (Å²) in [4.78, 5) is 12.7.